The SMILES string of the molecule is CC(=O)O[C@@H](Cc1ccccc1)CN(C)C(=O)c1cncc(Br)c1. The van der Waals surface area contributed by atoms with Gasteiger partial charge < -0.3 is 9.64 Å². The average molecular weight is 391 g/mol. The van der Waals surface area contributed by atoms with Crippen LogP contribution in [0.15, 0.2) is 53.3 Å². The standard InChI is InChI=1S/C18H19BrN2O3/c1-13(22)24-17(8-14-6-4-3-5-7-14)12-21(2)18(23)15-9-16(19)11-20-10-15/h3-7,9-11,17H,8,12H2,1-2H3/t17-/m0/s1. The summed E-state index contributed by atoms with van der Waals surface area (Å²) in [5.74, 6) is -0.532. The molecule has 0 saturated heterocycles. The fourth-order valence-corrected chi connectivity index (χ4v) is 2.76. The monoisotopic (exact) mass is 390 g/mol. The molecule has 0 bridgehead atoms. The van der Waals surface area contributed by atoms with Gasteiger partial charge in [0.2, 0.25) is 0 Å². The summed E-state index contributed by atoms with van der Waals surface area (Å²) in [6, 6.07) is 11.4. The molecule has 1 atom stereocenters. The number of benzene rings is 1. The number of esters is 1. The first kappa shape index (κ1) is 18.1. The third-order valence-corrected chi connectivity index (χ3v) is 3.85. The number of pyridine rings is 1. The van der Waals surface area contributed by atoms with Crippen molar-refractivity contribution in [3.63, 3.8) is 0 Å². The number of carbonyl (C=O) groups excluding carboxylic acids is 2. The zero-order valence-electron chi connectivity index (χ0n) is 13.6. The van der Waals surface area contributed by atoms with Crippen molar-refractivity contribution in [3.05, 3.63) is 64.4 Å². The number of nitrogens with zero attached hydrogens (tertiary/aromatic N) is 2. The summed E-state index contributed by atoms with van der Waals surface area (Å²) in [6.07, 6.45) is 3.28. The second-order valence-corrected chi connectivity index (χ2v) is 6.41. The van der Waals surface area contributed by atoms with Crippen LogP contribution < -0.4 is 0 Å². The minimum atomic E-state index is -0.404. The predicted octanol–water partition coefficient (Wildman–Crippen LogP) is 3.09. The Balaban J connectivity index is 2.07. The molecule has 1 aromatic carbocycles. The molecular formula is C18H19BrN2O3. The number of hydrogen-bond donors (Lipinski definition) is 0. The normalized spacial score (nSPS) is 11.6. The van der Waals surface area contributed by atoms with Gasteiger partial charge in [0, 0.05) is 37.3 Å². The van der Waals surface area contributed by atoms with E-state index in [4.69, 9.17) is 4.74 Å². The molecule has 2 rings (SSSR count). The van der Waals surface area contributed by atoms with Crippen LogP contribution in [0.2, 0.25) is 0 Å². The Morgan fingerprint density at radius 1 is 1.25 bits per heavy atom. The molecule has 2 aromatic rings. The molecule has 0 saturated carbocycles. The second kappa shape index (κ2) is 8.59. The largest absolute Gasteiger partial charge is 0.460 e. The van der Waals surface area contributed by atoms with Gasteiger partial charge in [0.15, 0.2) is 0 Å². The molecule has 0 aliphatic heterocycles. The summed E-state index contributed by atoms with van der Waals surface area (Å²) in [6.45, 7) is 1.68. The van der Waals surface area contributed by atoms with E-state index >= 15 is 0 Å². The van der Waals surface area contributed by atoms with Crippen LogP contribution >= 0.6 is 15.9 Å². The lowest BCUT2D eigenvalue weighted by Gasteiger charge is -2.24. The first-order valence-corrected chi connectivity index (χ1v) is 8.32. The van der Waals surface area contributed by atoms with Crippen molar-refractivity contribution < 1.29 is 14.3 Å². The van der Waals surface area contributed by atoms with Gasteiger partial charge in [-0.05, 0) is 27.6 Å². The van der Waals surface area contributed by atoms with Gasteiger partial charge in [-0.1, -0.05) is 30.3 Å². The number of carbonyl (C=O) groups is 2. The van der Waals surface area contributed by atoms with Gasteiger partial charge in [-0.25, -0.2) is 0 Å². The van der Waals surface area contributed by atoms with Crippen LogP contribution in [-0.2, 0) is 16.0 Å². The third-order valence-electron chi connectivity index (χ3n) is 3.41. The van der Waals surface area contributed by atoms with E-state index in [0.717, 1.165) is 10.0 Å². The lowest BCUT2D eigenvalue weighted by molar-refractivity contribution is -0.146. The Labute approximate surface area is 149 Å². The molecule has 0 unspecified atom stereocenters. The second-order valence-electron chi connectivity index (χ2n) is 5.50. The molecule has 24 heavy (non-hydrogen) atoms. The maximum Gasteiger partial charge on any atom is 0.302 e. The summed E-state index contributed by atoms with van der Waals surface area (Å²) in [7, 11) is 1.69. The lowest BCUT2D eigenvalue weighted by Crippen LogP contribution is -2.37. The van der Waals surface area contributed by atoms with Crippen molar-refractivity contribution in [3.8, 4) is 0 Å². The number of hydrogen-bond acceptors (Lipinski definition) is 4. The van der Waals surface area contributed by atoms with Gasteiger partial charge in [0.25, 0.3) is 5.91 Å². The number of likely N-dealkylation sites (N-methyl/N-ethyl adjacent to an activating group) is 1. The maximum absolute atomic E-state index is 12.5. The van der Waals surface area contributed by atoms with Gasteiger partial charge >= 0.3 is 5.97 Å². The molecule has 0 fully saturated rings. The van der Waals surface area contributed by atoms with Crippen LogP contribution in [0.25, 0.3) is 0 Å². The zero-order chi connectivity index (χ0) is 17.5. The smallest absolute Gasteiger partial charge is 0.302 e. The van der Waals surface area contributed by atoms with Crippen LogP contribution in [0.1, 0.15) is 22.8 Å². The van der Waals surface area contributed by atoms with E-state index in [1.807, 2.05) is 30.3 Å². The van der Waals surface area contributed by atoms with Crippen LogP contribution in [-0.4, -0.2) is 41.5 Å². The molecule has 5 nitrogen and oxygen atoms in total. The van der Waals surface area contributed by atoms with E-state index in [0.29, 0.717) is 18.5 Å². The van der Waals surface area contributed by atoms with Crippen molar-refractivity contribution in [2.24, 2.45) is 0 Å². The van der Waals surface area contributed by atoms with Crippen molar-refractivity contribution >= 4 is 27.8 Å². The Morgan fingerprint density at radius 2 is 1.96 bits per heavy atom. The summed E-state index contributed by atoms with van der Waals surface area (Å²) < 4.78 is 6.12. The van der Waals surface area contributed by atoms with Crippen LogP contribution in [0, 0.1) is 0 Å². The lowest BCUT2D eigenvalue weighted by atomic mass is 10.1. The maximum atomic E-state index is 12.5. The predicted molar refractivity (Wildman–Crippen MR) is 94.6 cm³/mol. The van der Waals surface area contributed by atoms with Gasteiger partial charge in [-0.15, -0.1) is 0 Å². The van der Waals surface area contributed by atoms with E-state index in [-0.39, 0.29) is 11.9 Å². The van der Waals surface area contributed by atoms with Crippen LogP contribution in [0.3, 0.4) is 0 Å². The van der Waals surface area contributed by atoms with E-state index in [2.05, 4.69) is 20.9 Å². The first-order valence-electron chi connectivity index (χ1n) is 7.53. The van der Waals surface area contributed by atoms with E-state index in [1.54, 1.807) is 24.2 Å². The minimum Gasteiger partial charge on any atom is -0.460 e. The Hall–Kier alpha value is -2.21. The highest BCUT2D eigenvalue weighted by molar-refractivity contribution is 9.10. The molecule has 1 amide bonds. The molecule has 1 heterocycles. The Bertz CT molecular complexity index is 706. The molecular weight excluding hydrogens is 372 g/mol. The zero-order valence-corrected chi connectivity index (χ0v) is 15.2. The average Bonchev–Trinajstić information content (AvgIpc) is 2.54. The number of ether oxygens (including phenoxy) is 1. The number of amides is 1. The van der Waals surface area contributed by atoms with Gasteiger partial charge in [0.05, 0.1) is 12.1 Å². The highest BCUT2D eigenvalue weighted by atomic mass is 79.9. The van der Waals surface area contributed by atoms with Gasteiger partial charge in [-0.3, -0.25) is 14.6 Å². The Kier molecular flexibility index (Phi) is 6.49. The molecule has 126 valence electrons. The quantitative estimate of drug-likeness (QED) is 0.711. The van der Waals surface area contributed by atoms with E-state index in [1.165, 1.54) is 13.1 Å². The molecule has 0 N–H and O–H groups in total. The van der Waals surface area contributed by atoms with Gasteiger partial charge in [-0.2, -0.15) is 0 Å². The molecule has 0 radical (unpaired) electrons. The number of rotatable bonds is 6. The van der Waals surface area contributed by atoms with Crippen LogP contribution in [0.5, 0.6) is 0 Å². The number of halogens is 1. The molecule has 6 heteroatoms. The van der Waals surface area contributed by atoms with E-state index < -0.39 is 6.10 Å². The highest BCUT2D eigenvalue weighted by Crippen LogP contribution is 2.13. The van der Waals surface area contributed by atoms with Crippen molar-refractivity contribution in [2.75, 3.05) is 13.6 Å². The number of aromatic nitrogens is 1. The molecule has 0 aliphatic carbocycles. The third kappa shape index (κ3) is 5.45. The van der Waals surface area contributed by atoms with Crippen molar-refractivity contribution in [1.82, 2.24) is 9.88 Å². The fourth-order valence-electron chi connectivity index (χ4n) is 2.39. The summed E-state index contributed by atoms with van der Waals surface area (Å²) >= 11 is 3.30. The summed E-state index contributed by atoms with van der Waals surface area (Å²) in [4.78, 5) is 29.4. The van der Waals surface area contributed by atoms with Crippen LogP contribution in [0.4, 0.5) is 0 Å². The topological polar surface area (TPSA) is 59.5 Å². The van der Waals surface area contributed by atoms with E-state index in [9.17, 15) is 9.59 Å². The Morgan fingerprint density at radius 3 is 2.58 bits per heavy atom. The van der Waals surface area contributed by atoms with Crippen molar-refractivity contribution in [1.29, 1.82) is 0 Å². The minimum absolute atomic E-state index is 0.172. The molecule has 1 aromatic heterocycles. The van der Waals surface area contributed by atoms with Crippen molar-refractivity contribution in [2.45, 2.75) is 19.4 Å². The first-order chi connectivity index (χ1) is 11.5. The van der Waals surface area contributed by atoms with Gasteiger partial charge in [0.1, 0.15) is 6.10 Å². The molecule has 0 spiro atoms. The summed E-state index contributed by atoms with van der Waals surface area (Å²) in [5, 5.41) is 0. The highest BCUT2D eigenvalue weighted by Gasteiger charge is 2.20. The molecule has 0 aliphatic rings. The summed E-state index contributed by atoms with van der Waals surface area (Å²) in [5.41, 5.74) is 1.53. The fraction of sp³-hybridized carbons (Fsp3) is 0.278.